The molecule has 0 radical (unpaired) electrons. The number of carbonyl (C=O) groups excluding carboxylic acids is 2. The van der Waals surface area contributed by atoms with Gasteiger partial charge in [-0.3, -0.25) is 19.1 Å². The molecule has 4 aromatic rings. The summed E-state index contributed by atoms with van der Waals surface area (Å²) >= 11 is 0. The molecule has 10 heteroatoms. The van der Waals surface area contributed by atoms with Crippen molar-refractivity contribution in [2.75, 3.05) is 0 Å². The van der Waals surface area contributed by atoms with Crippen LogP contribution in [0.15, 0.2) is 51.9 Å². The molecule has 1 atom stereocenters. The van der Waals surface area contributed by atoms with Gasteiger partial charge in [0.25, 0.3) is 5.56 Å². The number of halogens is 2. The van der Waals surface area contributed by atoms with E-state index in [1.54, 1.807) is 56.9 Å². The molecule has 4 rings (SSSR count). The molecular weight excluding hydrogens is 470 g/mol. The Labute approximate surface area is 205 Å². The highest BCUT2D eigenvalue weighted by atomic mass is 19.1. The van der Waals surface area contributed by atoms with Gasteiger partial charge in [-0.2, -0.15) is 10.3 Å². The van der Waals surface area contributed by atoms with Crippen molar-refractivity contribution in [1.82, 2.24) is 20.3 Å². The number of nitrogens with one attached hydrogen (secondary N) is 2. The fourth-order valence-corrected chi connectivity index (χ4v) is 4.22. The number of aromatic amines is 1. The predicted molar refractivity (Wildman–Crippen MR) is 128 cm³/mol. The van der Waals surface area contributed by atoms with Crippen LogP contribution >= 0.6 is 0 Å². The standard InChI is InChI=1S/C26H26F2N4O4/c1-26(2,3)24-18(27)7-14(8-19(24)28)9-21(33)25(29-22(34)11-17-12-23(35)31-36-17)15-5-6-20-16(10-15)13-32(4)30-20/h5-8,10,12-13,25H,9,11H2,1-4H3,(H,29,34)(H,31,35). The van der Waals surface area contributed by atoms with Crippen molar-refractivity contribution in [3.05, 3.63) is 87.0 Å². The summed E-state index contributed by atoms with van der Waals surface area (Å²) in [6.45, 7) is 5.10. The molecule has 0 aliphatic heterocycles. The maximum Gasteiger partial charge on any atom is 0.280 e. The van der Waals surface area contributed by atoms with Crippen molar-refractivity contribution in [1.29, 1.82) is 0 Å². The van der Waals surface area contributed by atoms with Crippen LogP contribution in [0.1, 0.15) is 49.3 Å². The molecule has 1 amide bonds. The summed E-state index contributed by atoms with van der Waals surface area (Å²) in [6.07, 6.45) is 1.18. The molecule has 0 spiro atoms. The quantitative estimate of drug-likeness (QED) is 0.406. The van der Waals surface area contributed by atoms with E-state index in [1.165, 1.54) is 0 Å². The molecule has 8 nitrogen and oxygen atoms in total. The molecule has 0 aliphatic carbocycles. The fourth-order valence-electron chi connectivity index (χ4n) is 4.22. The third-order valence-electron chi connectivity index (χ3n) is 5.74. The number of aromatic nitrogens is 3. The first-order valence-corrected chi connectivity index (χ1v) is 11.3. The van der Waals surface area contributed by atoms with Crippen LogP contribution in [0.3, 0.4) is 0 Å². The Morgan fingerprint density at radius 1 is 1.11 bits per heavy atom. The molecule has 0 bridgehead atoms. The average molecular weight is 497 g/mol. The van der Waals surface area contributed by atoms with E-state index in [4.69, 9.17) is 4.52 Å². The predicted octanol–water partition coefficient (Wildman–Crippen LogP) is 3.64. The van der Waals surface area contributed by atoms with E-state index in [0.717, 1.165) is 23.6 Å². The van der Waals surface area contributed by atoms with E-state index in [2.05, 4.69) is 15.6 Å². The van der Waals surface area contributed by atoms with Crippen molar-refractivity contribution < 1.29 is 22.9 Å². The van der Waals surface area contributed by atoms with Crippen molar-refractivity contribution >= 4 is 22.6 Å². The van der Waals surface area contributed by atoms with Gasteiger partial charge in [0.2, 0.25) is 5.91 Å². The largest absolute Gasteiger partial charge is 0.383 e. The fraction of sp³-hybridized carbons (Fsp3) is 0.308. The lowest BCUT2D eigenvalue weighted by atomic mass is 9.85. The third kappa shape index (κ3) is 5.42. The molecule has 0 aliphatic rings. The Bertz CT molecular complexity index is 1490. The maximum atomic E-state index is 14.7. The smallest absolute Gasteiger partial charge is 0.280 e. The number of hydrogen-bond donors (Lipinski definition) is 2. The Morgan fingerprint density at radius 3 is 2.42 bits per heavy atom. The SMILES string of the molecule is Cn1cc2cc(C(NC(=O)Cc3cc(=O)[nH]o3)C(=O)Cc3cc(F)c(C(C)(C)C)c(F)c3)ccc2n1. The van der Waals surface area contributed by atoms with E-state index in [0.29, 0.717) is 11.1 Å². The normalized spacial score (nSPS) is 12.6. The van der Waals surface area contributed by atoms with Crippen LogP contribution < -0.4 is 10.9 Å². The topological polar surface area (TPSA) is 110 Å². The lowest BCUT2D eigenvalue weighted by Crippen LogP contribution is -2.35. The first kappa shape index (κ1) is 25.0. The van der Waals surface area contributed by atoms with Gasteiger partial charge >= 0.3 is 0 Å². The highest BCUT2D eigenvalue weighted by Crippen LogP contribution is 2.29. The number of H-pyrrole nitrogens is 1. The Kier molecular flexibility index (Phi) is 6.62. The molecular formula is C26H26F2N4O4. The molecule has 36 heavy (non-hydrogen) atoms. The Morgan fingerprint density at radius 2 is 1.81 bits per heavy atom. The molecule has 0 saturated carbocycles. The number of carbonyl (C=O) groups is 2. The number of fused-ring (bicyclic) bond motifs is 1. The van der Waals surface area contributed by atoms with Crippen LogP contribution in [0, 0.1) is 11.6 Å². The molecule has 1 unspecified atom stereocenters. The average Bonchev–Trinajstić information content (AvgIpc) is 3.33. The number of ketones is 1. The van der Waals surface area contributed by atoms with E-state index in [1.807, 2.05) is 0 Å². The van der Waals surface area contributed by atoms with E-state index >= 15 is 0 Å². The summed E-state index contributed by atoms with van der Waals surface area (Å²) in [5.74, 6) is -2.39. The summed E-state index contributed by atoms with van der Waals surface area (Å²) in [6, 6.07) is 7.45. The zero-order chi connectivity index (χ0) is 26.2. The summed E-state index contributed by atoms with van der Waals surface area (Å²) in [5.41, 5.74) is 0.0427. The van der Waals surface area contributed by atoms with Crippen molar-refractivity contribution in [3.63, 3.8) is 0 Å². The number of hydrogen-bond acceptors (Lipinski definition) is 5. The van der Waals surface area contributed by atoms with Crippen LogP contribution in [0.25, 0.3) is 10.9 Å². The zero-order valence-electron chi connectivity index (χ0n) is 20.3. The molecule has 188 valence electrons. The lowest BCUT2D eigenvalue weighted by Gasteiger charge is -2.22. The minimum absolute atomic E-state index is 0.0569. The molecule has 2 aromatic heterocycles. The first-order valence-electron chi connectivity index (χ1n) is 11.3. The van der Waals surface area contributed by atoms with Crippen LogP contribution in [0.2, 0.25) is 0 Å². The summed E-state index contributed by atoms with van der Waals surface area (Å²) in [4.78, 5) is 37.4. The Balaban J connectivity index is 1.64. The molecule has 2 aromatic carbocycles. The number of benzene rings is 2. The third-order valence-corrected chi connectivity index (χ3v) is 5.74. The molecule has 0 fully saturated rings. The van der Waals surface area contributed by atoms with Crippen LogP contribution in [0.4, 0.5) is 8.78 Å². The van der Waals surface area contributed by atoms with Gasteiger partial charge in [0.05, 0.1) is 11.9 Å². The minimum atomic E-state index is -1.11. The highest BCUT2D eigenvalue weighted by Gasteiger charge is 2.27. The van der Waals surface area contributed by atoms with E-state index in [-0.39, 0.29) is 29.7 Å². The molecule has 2 N–H and O–H groups in total. The van der Waals surface area contributed by atoms with Gasteiger partial charge in [-0.25, -0.2) is 8.78 Å². The van der Waals surface area contributed by atoms with Gasteiger partial charge in [0.1, 0.15) is 23.4 Å². The van der Waals surface area contributed by atoms with Gasteiger partial charge in [0.15, 0.2) is 5.78 Å². The zero-order valence-corrected chi connectivity index (χ0v) is 20.3. The van der Waals surface area contributed by atoms with Crippen molar-refractivity contribution in [2.45, 2.75) is 45.1 Å². The van der Waals surface area contributed by atoms with Crippen LogP contribution in [-0.4, -0.2) is 26.6 Å². The highest BCUT2D eigenvalue weighted by molar-refractivity contribution is 5.93. The molecule has 0 saturated heterocycles. The second kappa shape index (κ2) is 9.52. The van der Waals surface area contributed by atoms with E-state index < -0.39 is 40.3 Å². The summed E-state index contributed by atoms with van der Waals surface area (Å²) < 4.78 is 36.0. The van der Waals surface area contributed by atoms with Crippen LogP contribution in [-0.2, 0) is 34.9 Å². The number of amides is 1. The van der Waals surface area contributed by atoms with Gasteiger partial charge in [-0.1, -0.05) is 26.8 Å². The number of Topliss-reactive ketones (excluding diaryl/α,β-unsaturated/α-hetero) is 1. The number of aryl methyl sites for hydroxylation is 1. The second-order valence-corrected chi connectivity index (χ2v) is 9.80. The minimum Gasteiger partial charge on any atom is -0.383 e. The van der Waals surface area contributed by atoms with Crippen LogP contribution in [0.5, 0.6) is 0 Å². The van der Waals surface area contributed by atoms with Gasteiger partial charge < -0.3 is 9.84 Å². The molecule has 2 heterocycles. The van der Waals surface area contributed by atoms with Gasteiger partial charge in [-0.15, -0.1) is 0 Å². The first-order chi connectivity index (χ1) is 16.9. The second-order valence-electron chi connectivity index (χ2n) is 9.80. The lowest BCUT2D eigenvalue weighted by molar-refractivity contribution is -0.127. The summed E-state index contributed by atoms with van der Waals surface area (Å²) in [7, 11) is 1.76. The van der Waals surface area contributed by atoms with Crippen molar-refractivity contribution in [3.8, 4) is 0 Å². The Hall–Kier alpha value is -4.08. The van der Waals surface area contributed by atoms with E-state index in [9.17, 15) is 23.2 Å². The van der Waals surface area contributed by atoms with Crippen molar-refractivity contribution in [2.24, 2.45) is 7.05 Å². The van der Waals surface area contributed by atoms with Gasteiger partial charge in [-0.05, 0) is 40.8 Å². The number of nitrogens with zero attached hydrogens (tertiary/aromatic N) is 2. The van der Waals surface area contributed by atoms with Gasteiger partial charge in [0, 0.05) is 36.7 Å². The summed E-state index contributed by atoms with van der Waals surface area (Å²) in [5, 5.41) is 9.84. The number of rotatable bonds is 7. The monoisotopic (exact) mass is 496 g/mol. The maximum absolute atomic E-state index is 14.7.